The van der Waals surface area contributed by atoms with Crippen LogP contribution in [0, 0.1) is 0 Å². The van der Waals surface area contributed by atoms with Gasteiger partial charge in [0.2, 0.25) is 11.8 Å². The summed E-state index contributed by atoms with van der Waals surface area (Å²) in [6.07, 6.45) is -4.54. The summed E-state index contributed by atoms with van der Waals surface area (Å²) in [4.78, 5) is 7.89. The lowest BCUT2D eigenvalue weighted by Gasteiger charge is -2.30. The van der Waals surface area contributed by atoms with Gasteiger partial charge in [0.1, 0.15) is 17.5 Å². The van der Waals surface area contributed by atoms with Gasteiger partial charge in [0.05, 0.1) is 18.9 Å². The first-order chi connectivity index (χ1) is 19.0. The monoisotopic (exact) mass is 568 g/mol. The van der Waals surface area contributed by atoms with Crippen molar-refractivity contribution in [1.82, 2.24) is 34.8 Å². The number of nitrogens with zero attached hydrogens (tertiary/aromatic N) is 6. The molecule has 212 valence electrons. The molecule has 0 spiro atoms. The zero-order valence-corrected chi connectivity index (χ0v) is 20.6. The van der Waals surface area contributed by atoms with E-state index < -0.39 is 35.6 Å². The minimum Gasteiger partial charge on any atom is -0.469 e. The van der Waals surface area contributed by atoms with E-state index in [2.05, 4.69) is 35.7 Å². The first kappa shape index (κ1) is 26.3. The Kier molecular flexibility index (Phi) is 6.51. The fourth-order valence-electron chi connectivity index (χ4n) is 4.86. The molecule has 0 unspecified atom stereocenters. The largest absolute Gasteiger partial charge is 0.469 e. The average molecular weight is 568 g/mol. The van der Waals surface area contributed by atoms with E-state index in [4.69, 9.17) is 9.47 Å². The Morgan fingerprint density at radius 2 is 1.88 bits per heavy atom. The molecule has 5 heterocycles. The summed E-state index contributed by atoms with van der Waals surface area (Å²) in [6, 6.07) is 4.05. The van der Waals surface area contributed by atoms with E-state index in [0.717, 1.165) is 25.3 Å². The molecule has 40 heavy (non-hydrogen) atoms. The van der Waals surface area contributed by atoms with Crippen molar-refractivity contribution in [2.45, 2.75) is 56.1 Å². The van der Waals surface area contributed by atoms with Crippen molar-refractivity contribution in [2.75, 3.05) is 18.5 Å². The van der Waals surface area contributed by atoms with Crippen molar-refractivity contribution in [3.8, 4) is 17.1 Å². The number of aromatic amines is 1. The number of hydrogen-bond acceptors (Lipinski definition) is 8. The SMILES string of the molecule is FC(F)(F)c1cc(-c2ccc3nnc([C@H]4CCC[C@@H](Nc5ncc(C(F)(F)F)c(OC6COC6)n5)C4)n3c2)[nH]n1. The maximum absolute atomic E-state index is 13.5. The number of alkyl halides is 6. The van der Waals surface area contributed by atoms with Gasteiger partial charge in [-0.15, -0.1) is 10.2 Å². The second kappa shape index (κ2) is 9.91. The minimum atomic E-state index is -4.67. The van der Waals surface area contributed by atoms with Gasteiger partial charge in [-0.3, -0.25) is 9.50 Å². The van der Waals surface area contributed by atoms with Gasteiger partial charge in [-0.2, -0.15) is 36.4 Å². The summed E-state index contributed by atoms with van der Waals surface area (Å²) < 4.78 is 91.5. The fourth-order valence-corrected chi connectivity index (χ4v) is 4.86. The number of anilines is 1. The van der Waals surface area contributed by atoms with E-state index >= 15 is 0 Å². The summed E-state index contributed by atoms with van der Waals surface area (Å²) in [7, 11) is 0. The second-order valence-electron chi connectivity index (χ2n) is 9.76. The smallest absolute Gasteiger partial charge is 0.435 e. The van der Waals surface area contributed by atoms with E-state index in [1.807, 2.05) is 0 Å². The summed E-state index contributed by atoms with van der Waals surface area (Å²) in [6.45, 7) is 0.374. The number of halogens is 6. The molecule has 16 heteroatoms. The Morgan fingerprint density at radius 3 is 2.58 bits per heavy atom. The van der Waals surface area contributed by atoms with Crippen molar-refractivity contribution < 1.29 is 35.8 Å². The maximum Gasteiger partial charge on any atom is 0.435 e. The second-order valence-corrected chi connectivity index (χ2v) is 9.76. The van der Waals surface area contributed by atoms with Crippen LogP contribution >= 0.6 is 0 Å². The summed E-state index contributed by atoms with van der Waals surface area (Å²) in [5, 5.41) is 17.4. The van der Waals surface area contributed by atoms with Crippen LogP contribution in [0.3, 0.4) is 0 Å². The molecule has 0 aromatic carbocycles. The van der Waals surface area contributed by atoms with Crippen LogP contribution in [-0.2, 0) is 17.1 Å². The van der Waals surface area contributed by atoms with Crippen LogP contribution in [-0.4, -0.2) is 60.1 Å². The Balaban J connectivity index is 1.21. The molecule has 2 fully saturated rings. The zero-order valence-electron chi connectivity index (χ0n) is 20.6. The number of hydrogen-bond donors (Lipinski definition) is 2. The molecule has 0 amide bonds. The summed E-state index contributed by atoms with van der Waals surface area (Å²) in [5.41, 5.74) is -0.880. The molecule has 4 aromatic heterocycles. The van der Waals surface area contributed by atoms with Gasteiger partial charge in [0.15, 0.2) is 11.3 Å². The Morgan fingerprint density at radius 1 is 1.05 bits per heavy atom. The van der Waals surface area contributed by atoms with Gasteiger partial charge in [-0.05, 0) is 37.5 Å². The predicted molar refractivity (Wildman–Crippen MR) is 126 cm³/mol. The Hall–Kier alpha value is -3.95. The van der Waals surface area contributed by atoms with Crippen LogP contribution in [0.25, 0.3) is 16.9 Å². The summed E-state index contributed by atoms with van der Waals surface area (Å²) >= 11 is 0. The molecule has 1 aliphatic heterocycles. The third kappa shape index (κ3) is 5.26. The molecule has 6 rings (SSSR count). The van der Waals surface area contributed by atoms with Gasteiger partial charge in [-0.25, -0.2) is 4.98 Å². The van der Waals surface area contributed by atoms with Crippen LogP contribution < -0.4 is 10.1 Å². The molecular formula is C24H22F6N8O2. The number of pyridine rings is 1. The first-order valence-electron chi connectivity index (χ1n) is 12.5. The molecular weight excluding hydrogens is 546 g/mol. The molecule has 0 radical (unpaired) electrons. The highest BCUT2D eigenvalue weighted by Gasteiger charge is 2.38. The normalized spacial score (nSPS) is 20.4. The zero-order chi connectivity index (χ0) is 28.1. The van der Waals surface area contributed by atoms with Crippen molar-refractivity contribution in [3.05, 3.63) is 47.7 Å². The van der Waals surface area contributed by atoms with E-state index in [9.17, 15) is 26.3 Å². The maximum atomic E-state index is 13.5. The number of rotatable bonds is 6. The Bertz CT molecular complexity index is 1510. The van der Waals surface area contributed by atoms with Gasteiger partial charge < -0.3 is 14.8 Å². The van der Waals surface area contributed by atoms with Crippen LogP contribution in [0.2, 0.25) is 0 Å². The molecule has 1 saturated heterocycles. The van der Waals surface area contributed by atoms with Gasteiger partial charge >= 0.3 is 12.4 Å². The van der Waals surface area contributed by atoms with E-state index in [-0.39, 0.29) is 36.8 Å². The molecule has 2 N–H and O–H groups in total. The molecule has 0 bridgehead atoms. The quantitative estimate of drug-likeness (QED) is 0.317. The number of ether oxygens (including phenoxy) is 2. The highest BCUT2D eigenvalue weighted by atomic mass is 19.4. The fraction of sp³-hybridized carbons (Fsp3) is 0.458. The molecule has 10 nitrogen and oxygen atoms in total. The minimum absolute atomic E-state index is 0.0157. The lowest BCUT2D eigenvalue weighted by molar-refractivity contribution is -0.143. The number of fused-ring (bicyclic) bond motifs is 1. The van der Waals surface area contributed by atoms with E-state index in [1.54, 1.807) is 22.7 Å². The van der Waals surface area contributed by atoms with Crippen molar-refractivity contribution >= 4 is 11.6 Å². The molecule has 4 aromatic rings. The number of aromatic nitrogens is 7. The molecule has 2 atom stereocenters. The van der Waals surface area contributed by atoms with Gasteiger partial charge in [0, 0.05) is 29.9 Å². The third-order valence-electron chi connectivity index (χ3n) is 6.93. The number of nitrogens with one attached hydrogen (secondary N) is 2. The highest BCUT2D eigenvalue weighted by Crippen LogP contribution is 2.38. The first-order valence-corrected chi connectivity index (χ1v) is 12.5. The lowest BCUT2D eigenvalue weighted by atomic mass is 9.85. The lowest BCUT2D eigenvalue weighted by Crippen LogP contribution is -2.39. The topological polar surface area (TPSA) is 115 Å². The van der Waals surface area contributed by atoms with Gasteiger partial charge in [-0.1, -0.05) is 6.42 Å². The molecule has 1 aliphatic carbocycles. The number of H-pyrrole nitrogens is 1. The van der Waals surface area contributed by atoms with Crippen LogP contribution in [0.4, 0.5) is 32.3 Å². The third-order valence-corrected chi connectivity index (χ3v) is 6.93. The highest BCUT2D eigenvalue weighted by molar-refractivity contribution is 5.61. The van der Waals surface area contributed by atoms with Crippen LogP contribution in [0.5, 0.6) is 5.88 Å². The molecule has 2 aliphatic rings. The van der Waals surface area contributed by atoms with Crippen molar-refractivity contribution in [3.63, 3.8) is 0 Å². The van der Waals surface area contributed by atoms with Crippen molar-refractivity contribution in [1.29, 1.82) is 0 Å². The standard InChI is InChI=1S/C24H22F6N8O2/c25-23(26,27)16-8-31-22(33-21(16)40-15-10-39-11-15)32-14-3-1-2-12(6-14)20-37-36-19-5-4-13(9-38(19)20)17-7-18(35-34-17)24(28,29)30/h4-5,7-9,12,14-15H,1-3,6,10-11H2,(H,34,35)(H,31,32,33)/t12-,14+/m0/s1. The summed E-state index contributed by atoms with van der Waals surface area (Å²) in [5.74, 6) is 0.0127. The van der Waals surface area contributed by atoms with Crippen molar-refractivity contribution in [2.24, 2.45) is 0 Å². The van der Waals surface area contributed by atoms with E-state index in [1.165, 1.54) is 0 Å². The Labute approximate surface area is 222 Å². The van der Waals surface area contributed by atoms with Crippen LogP contribution in [0.15, 0.2) is 30.6 Å². The van der Waals surface area contributed by atoms with E-state index in [0.29, 0.717) is 29.7 Å². The van der Waals surface area contributed by atoms with Gasteiger partial charge in [0.25, 0.3) is 0 Å². The van der Waals surface area contributed by atoms with Crippen LogP contribution in [0.1, 0.15) is 48.7 Å². The average Bonchev–Trinajstić information content (AvgIpc) is 3.53. The predicted octanol–water partition coefficient (Wildman–Crippen LogP) is 4.86. The molecule has 1 saturated carbocycles.